The third kappa shape index (κ3) is 2.18. The zero-order valence-electron chi connectivity index (χ0n) is 7.29. The Morgan fingerprint density at radius 3 is 2.92 bits per heavy atom. The molecule has 0 spiro atoms. The quantitative estimate of drug-likeness (QED) is 0.621. The summed E-state index contributed by atoms with van der Waals surface area (Å²) in [5, 5.41) is 2.70. The van der Waals surface area contributed by atoms with Crippen molar-refractivity contribution in [3.05, 3.63) is 35.4 Å². The summed E-state index contributed by atoms with van der Waals surface area (Å²) in [6, 6.07) is 8.41. The van der Waals surface area contributed by atoms with Crippen LogP contribution in [0.1, 0.15) is 23.6 Å². The van der Waals surface area contributed by atoms with Crippen LogP contribution in [0.5, 0.6) is 0 Å². The van der Waals surface area contributed by atoms with Crippen LogP contribution in [0.4, 0.5) is 0 Å². The van der Waals surface area contributed by atoms with Crippen molar-refractivity contribution in [2.24, 2.45) is 0 Å². The van der Waals surface area contributed by atoms with Gasteiger partial charge in [-0.05, 0) is 24.0 Å². The Kier molecular flexibility index (Phi) is 4.07. The molecule has 3 heteroatoms. The molecule has 0 aliphatic heterocycles. The van der Waals surface area contributed by atoms with E-state index in [1.54, 1.807) is 6.41 Å². The number of carbonyl (C=O) groups excluding carboxylic acids is 1. The maximum Gasteiger partial charge on any atom is 3.00 e. The summed E-state index contributed by atoms with van der Waals surface area (Å²) >= 11 is 0. The van der Waals surface area contributed by atoms with Crippen LogP contribution in [0.15, 0.2) is 24.3 Å². The maximum absolute atomic E-state index is 10.1. The molecule has 0 saturated heterocycles. The molecule has 1 aromatic carbocycles. The number of amides is 1. The van der Waals surface area contributed by atoms with Crippen molar-refractivity contribution < 1.29 is 37.5 Å². The van der Waals surface area contributed by atoms with Gasteiger partial charge in [-0.25, -0.2) is 0 Å². The first-order chi connectivity index (χ1) is 5.92. The van der Waals surface area contributed by atoms with Gasteiger partial charge in [0.25, 0.3) is 0 Å². The maximum atomic E-state index is 10.1. The van der Waals surface area contributed by atoms with E-state index in [1.165, 1.54) is 11.1 Å². The van der Waals surface area contributed by atoms with Gasteiger partial charge in [0.15, 0.2) is 0 Å². The fourth-order valence-corrected chi connectivity index (χ4v) is 1.78. The van der Waals surface area contributed by atoms with Crippen LogP contribution in [-0.2, 0) is 43.9 Å². The molecule has 1 aliphatic carbocycles. The second-order valence-electron chi connectivity index (χ2n) is 3.04. The van der Waals surface area contributed by atoms with Crippen LogP contribution >= 0.6 is 0 Å². The number of nitrogens with one attached hydrogen (secondary N) is 1. The van der Waals surface area contributed by atoms with Crippen molar-refractivity contribution in [1.29, 1.82) is 0 Å². The zero-order valence-corrected chi connectivity index (χ0v) is 10.1. The Labute approximate surface area is 103 Å². The van der Waals surface area contributed by atoms with Crippen molar-refractivity contribution >= 4 is 6.41 Å². The average molecular weight is 249 g/mol. The van der Waals surface area contributed by atoms with Crippen LogP contribution in [0.2, 0.25) is 0 Å². The number of benzene rings is 1. The van der Waals surface area contributed by atoms with Crippen molar-refractivity contribution in [2.75, 3.05) is 0 Å². The predicted molar refractivity (Wildman–Crippen MR) is 46.3 cm³/mol. The fraction of sp³-hybridized carbons (Fsp3) is 0.300. The van der Waals surface area contributed by atoms with Gasteiger partial charge in [0, 0.05) is 6.04 Å². The molecule has 1 atom stereocenters. The van der Waals surface area contributed by atoms with Crippen molar-refractivity contribution in [1.82, 2.24) is 5.32 Å². The molecule has 62 valence electrons. The second kappa shape index (κ2) is 4.87. The topological polar surface area (TPSA) is 29.1 Å². The van der Waals surface area contributed by atoms with E-state index in [9.17, 15) is 4.79 Å². The molecular weight excluding hydrogens is 239 g/mol. The van der Waals surface area contributed by atoms with E-state index in [0.29, 0.717) is 0 Å². The molecule has 0 bridgehead atoms. The summed E-state index contributed by atoms with van der Waals surface area (Å²) < 4.78 is 0. The summed E-state index contributed by atoms with van der Waals surface area (Å²) in [6.07, 6.45) is 3.82. The second-order valence-corrected chi connectivity index (χ2v) is 3.04. The molecule has 0 aromatic heterocycles. The average Bonchev–Trinajstić information content (AvgIpc) is 2.50. The number of hydrogen-bond acceptors (Lipinski definition) is 1. The van der Waals surface area contributed by atoms with Gasteiger partial charge in [0.2, 0.25) is 0 Å². The van der Waals surface area contributed by atoms with Crippen LogP contribution < -0.4 is 5.32 Å². The SMILES string of the molecule is O=[C-]NC1CCc2ccccc21.[Y+3]. The van der Waals surface area contributed by atoms with Crippen LogP contribution in [0, 0.1) is 0 Å². The van der Waals surface area contributed by atoms with E-state index in [1.807, 2.05) is 12.1 Å². The molecule has 1 N–H and O–H groups in total. The van der Waals surface area contributed by atoms with Gasteiger partial charge < -0.3 is 10.1 Å². The monoisotopic (exact) mass is 249 g/mol. The third-order valence-corrected chi connectivity index (χ3v) is 2.37. The minimum Gasteiger partial charge on any atom is -0.524 e. The largest absolute Gasteiger partial charge is 3.00 e. The fourth-order valence-electron chi connectivity index (χ4n) is 1.78. The number of rotatable bonds is 2. The van der Waals surface area contributed by atoms with Gasteiger partial charge in [0.05, 0.1) is 0 Å². The van der Waals surface area contributed by atoms with Gasteiger partial charge in [-0.2, -0.15) is 6.41 Å². The van der Waals surface area contributed by atoms with Crippen LogP contribution in [-0.4, -0.2) is 6.41 Å². The number of aryl methyl sites for hydroxylation is 1. The summed E-state index contributed by atoms with van der Waals surface area (Å²) in [5.41, 5.74) is 2.60. The zero-order chi connectivity index (χ0) is 8.39. The molecule has 0 saturated carbocycles. The van der Waals surface area contributed by atoms with E-state index in [0.717, 1.165) is 12.8 Å². The first-order valence-electron chi connectivity index (χ1n) is 4.12. The number of fused-ring (bicyclic) bond motifs is 1. The Balaban J connectivity index is 0.000000845. The molecule has 0 heterocycles. The van der Waals surface area contributed by atoms with E-state index in [2.05, 4.69) is 17.4 Å². The predicted octanol–water partition coefficient (Wildman–Crippen LogP) is 1.33. The molecular formula is C10H10NOY+2. The molecule has 1 aliphatic rings. The summed E-state index contributed by atoms with van der Waals surface area (Å²) in [6.45, 7) is 0. The van der Waals surface area contributed by atoms with Crippen LogP contribution in [0.3, 0.4) is 0 Å². The first kappa shape index (κ1) is 10.9. The van der Waals surface area contributed by atoms with Crippen molar-refractivity contribution in [3.8, 4) is 0 Å². The van der Waals surface area contributed by atoms with E-state index < -0.39 is 0 Å². The van der Waals surface area contributed by atoms with E-state index >= 15 is 0 Å². The smallest absolute Gasteiger partial charge is 0.524 e. The standard InChI is InChI=1S/C10H10NO.Y/c12-7-11-10-6-5-8-3-1-2-4-9(8)10;/h1-4,10H,5-6H2,(H,11,12);/q-1;+3. The van der Waals surface area contributed by atoms with Gasteiger partial charge in [0.1, 0.15) is 0 Å². The molecule has 2 rings (SSSR count). The van der Waals surface area contributed by atoms with Crippen LogP contribution in [0.25, 0.3) is 0 Å². The van der Waals surface area contributed by atoms with Gasteiger partial charge in [-0.3, -0.25) is 0 Å². The van der Waals surface area contributed by atoms with Crippen molar-refractivity contribution in [2.45, 2.75) is 18.9 Å². The Hall–Kier alpha value is -0.206. The summed E-state index contributed by atoms with van der Waals surface area (Å²) in [4.78, 5) is 10.1. The molecule has 0 radical (unpaired) electrons. The Bertz CT molecular complexity index is 301. The molecule has 0 fully saturated rings. The Morgan fingerprint density at radius 1 is 1.38 bits per heavy atom. The molecule has 13 heavy (non-hydrogen) atoms. The Morgan fingerprint density at radius 2 is 2.15 bits per heavy atom. The minimum absolute atomic E-state index is 0. The third-order valence-electron chi connectivity index (χ3n) is 2.37. The molecule has 2 nitrogen and oxygen atoms in total. The summed E-state index contributed by atoms with van der Waals surface area (Å²) in [7, 11) is 0. The van der Waals surface area contributed by atoms with Gasteiger partial charge in [-0.15, -0.1) is 0 Å². The molecule has 1 amide bonds. The first-order valence-corrected chi connectivity index (χ1v) is 4.12. The van der Waals surface area contributed by atoms with Gasteiger partial charge >= 0.3 is 32.7 Å². The van der Waals surface area contributed by atoms with Gasteiger partial charge in [-0.1, -0.05) is 24.3 Å². The molecule has 1 unspecified atom stereocenters. The summed E-state index contributed by atoms with van der Waals surface area (Å²) in [5.74, 6) is 0. The van der Waals surface area contributed by atoms with Crippen molar-refractivity contribution in [3.63, 3.8) is 0 Å². The number of hydrogen-bond donors (Lipinski definition) is 1. The van der Waals surface area contributed by atoms with E-state index in [4.69, 9.17) is 0 Å². The molecule has 1 aromatic rings. The minimum atomic E-state index is 0. The normalized spacial score (nSPS) is 18.6. The van der Waals surface area contributed by atoms with E-state index in [-0.39, 0.29) is 38.8 Å².